The summed E-state index contributed by atoms with van der Waals surface area (Å²) >= 11 is 0. The fraction of sp³-hybridized carbons (Fsp3) is 0.111. The molecule has 4 heteroatoms. The summed E-state index contributed by atoms with van der Waals surface area (Å²) in [7, 11) is 1.43. The number of rotatable bonds is 3. The van der Waals surface area contributed by atoms with Crippen molar-refractivity contribution in [2.45, 2.75) is 0 Å². The van der Waals surface area contributed by atoms with E-state index in [4.69, 9.17) is 5.73 Å². The molecule has 0 bridgehead atoms. The summed E-state index contributed by atoms with van der Waals surface area (Å²) in [5.74, 6) is -0.474. The number of benzene rings is 1. The second kappa shape index (κ2) is 4.25. The van der Waals surface area contributed by atoms with Gasteiger partial charge in [0.2, 0.25) is 5.91 Å². The molecule has 13 heavy (non-hydrogen) atoms. The summed E-state index contributed by atoms with van der Waals surface area (Å²) in [6.45, 7) is 0. The zero-order chi connectivity index (χ0) is 9.68. The van der Waals surface area contributed by atoms with Crippen LogP contribution in [0.4, 0.5) is 0 Å². The minimum atomic E-state index is -0.474. The van der Waals surface area contributed by atoms with Gasteiger partial charge < -0.3 is 10.6 Å². The first-order valence-corrected chi connectivity index (χ1v) is 3.71. The molecule has 0 spiro atoms. The first-order chi connectivity index (χ1) is 6.25. The van der Waals surface area contributed by atoms with Crippen molar-refractivity contribution >= 4 is 12.1 Å². The highest BCUT2D eigenvalue weighted by atomic mass is 16.6. The summed E-state index contributed by atoms with van der Waals surface area (Å²) < 4.78 is 0. The van der Waals surface area contributed by atoms with E-state index >= 15 is 0 Å². The molecule has 0 aliphatic rings. The van der Waals surface area contributed by atoms with Crippen molar-refractivity contribution in [3.05, 3.63) is 35.4 Å². The Labute approximate surface area is 76.0 Å². The average Bonchev–Trinajstić information content (AvgIpc) is 2.15. The van der Waals surface area contributed by atoms with E-state index in [-0.39, 0.29) is 0 Å². The van der Waals surface area contributed by atoms with Crippen molar-refractivity contribution in [3.63, 3.8) is 0 Å². The monoisotopic (exact) mass is 178 g/mol. The van der Waals surface area contributed by atoms with Crippen LogP contribution in [-0.4, -0.2) is 19.2 Å². The van der Waals surface area contributed by atoms with Crippen molar-refractivity contribution in [2.24, 2.45) is 10.9 Å². The lowest BCUT2D eigenvalue weighted by atomic mass is 10.1. The van der Waals surface area contributed by atoms with Crippen LogP contribution in [0.2, 0.25) is 0 Å². The molecule has 1 aromatic carbocycles. The van der Waals surface area contributed by atoms with Gasteiger partial charge in [-0.25, -0.2) is 0 Å². The summed E-state index contributed by atoms with van der Waals surface area (Å²) in [4.78, 5) is 15.4. The minimum absolute atomic E-state index is 0.434. The summed E-state index contributed by atoms with van der Waals surface area (Å²) in [6.07, 6.45) is 1.44. The fourth-order valence-corrected chi connectivity index (χ4v) is 0.943. The fourth-order valence-electron chi connectivity index (χ4n) is 0.943. The predicted molar refractivity (Wildman–Crippen MR) is 49.6 cm³/mol. The number of amides is 1. The number of carbonyl (C=O) groups excluding carboxylic acids is 1. The number of nitrogens with two attached hydrogens (primary N) is 1. The molecular weight excluding hydrogens is 168 g/mol. The van der Waals surface area contributed by atoms with E-state index in [1.54, 1.807) is 24.3 Å². The molecule has 0 fully saturated rings. The van der Waals surface area contributed by atoms with Crippen molar-refractivity contribution in [3.8, 4) is 0 Å². The Morgan fingerprint density at radius 3 is 2.85 bits per heavy atom. The quantitative estimate of drug-likeness (QED) is 0.548. The van der Waals surface area contributed by atoms with Gasteiger partial charge in [-0.3, -0.25) is 4.79 Å². The molecule has 68 valence electrons. The second-order valence-corrected chi connectivity index (χ2v) is 2.37. The van der Waals surface area contributed by atoms with E-state index in [1.165, 1.54) is 13.3 Å². The molecular formula is C9H10N2O2. The molecule has 0 aromatic heterocycles. The first kappa shape index (κ1) is 9.25. The third-order valence-electron chi connectivity index (χ3n) is 1.52. The SMILES string of the molecule is CON=Cc1ccccc1C(N)=O. The molecule has 2 N–H and O–H groups in total. The van der Waals surface area contributed by atoms with E-state index in [1.807, 2.05) is 0 Å². The van der Waals surface area contributed by atoms with Crippen LogP contribution in [0.1, 0.15) is 15.9 Å². The molecule has 0 radical (unpaired) electrons. The molecule has 4 nitrogen and oxygen atoms in total. The van der Waals surface area contributed by atoms with Crippen LogP contribution < -0.4 is 5.73 Å². The zero-order valence-electron chi connectivity index (χ0n) is 7.23. The Bertz CT molecular complexity index is 334. The lowest BCUT2D eigenvalue weighted by Crippen LogP contribution is -2.13. The van der Waals surface area contributed by atoms with Crippen LogP contribution in [-0.2, 0) is 4.84 Å². The van der Waals surface area contributed by atoms with Gasteiger partial charge in [-0.1, -0.05) is 23.4 Å². The number of primary amides is 1. The molecule has 0 saturated heterocycles. The van der Waals surface area contributed by atoms with Crippen LogP contribution >= 0.6 is 0 Å². The molecule has 0 aliphatic heterocycles. The van der Waals surface area contributed by atoms with Gasteiger partial charge in [0.15, 0.2) is 0 Å². The molecule has 0 atom stereocenters. The number of carbonyl (C=O) groups is 1. The third-order valence-corrected chi connectivity index (χ3v) is 1.52. The van der Waals surface area contributed by atoms with Crippen LogP contribution in [0.25, 0.3) is 0 Å². The summed E-state index contributed by atoms with van der Waals surface area (Å²) in [5.41, 5.74) is 6.23. The maximum absolute atomic E-state index is 10.9. The van der Waals surface area contributed by atoms with Crippen molar-refractivity contribution in [1.29, 1.82) is 0 Å². The Balaban J connectivity index is 3.05. The smallest absolute Gasteiger partial charge is 0.249 e. The standard InChI is InChI=1S/C9H10N2O2/c1-13-11-6-7-4-2-3-5-8(7)9(10)12/h2-6H,1H3,(H2,10,12). The first-order valence-electron chi connectivity index (χ1n) is 3.71. The second-order valence-electron chi connectivity index (χ2n) is 2.37. The van der Waals surface area contributed by atoms with Gasteiger partial charge in [-0.05, 0) is 6.07 Å². The maximum atomic E-state index is 10.9. The van der Waals surface area contributed by atoms with Gasteiger partial charge in [0.05, 0.1) is 6.21 Å². The topological polar surface area (TPSA) is 64.7 Å². The normalized spacial score (nSPS) is 10.2. The highest BCUT2D eigenvalue weighted by molar-refractivity contribution is 6.01. The van der Waals surface area contributed by atoms with Crippen LogP contribution in [0.3, 0.4) is 0 Å². The highest BCUT2D eigenvalue weighted by Gasteiger charge is 2.03. The van der Waals surface area contributed by atoms with Crippen LogP contribution in [0.15, 0.2) is 29.4 Å². The summed E-state index contributed by atoms with van der Waals surface area (Å²) in [5, 5.41) is 3.55. The molecule has 1 aromatic rings. The number of oxime groups is 1. The van der Waals surface area contributed by atoms with E-state index in [0.29, 0.717) is 11.1 Å². The van der Waals surface area contributed by atoms with Gasteiger partial charge in [-0.2, -0.15) is 0 Å². The van der Waals surface area contributed by atoms with Gasteiger partial charge in [0.25, 0.3) is 0 Å². The molecule has 0 heterocycles. The number of nitrogens with zero attached hydrogens (tertiary/aromatic N) is 1. The van der Waals surface area contributed by atoms with Gasteiger partial charge in [0.1, 0.15) is 7.11 Å². The van der Waals surface area contributed by atoms with Crippen LogP contribution in [0, 0.1) is 0 Å². The largest absolute Gasteiger partial charge is 0.399 e. The number of hydrogen-bond donors (Lipinski definition) is 1. The van der Waals surface area contributed by atoms with Gasteiger partial charge >= 0.3 is 0 Å². The minimum Gasteiger partial charge on any atom is -0.399 e. The highest BCUT2D eigenvalue weighted by Crippen LogP contribution is 2.04. The van der Waals surface area contributed by atoms with Crippen molar-refractivity contribution in [2.75, 3.05) is 7.11 Å². The summed E-state index contributed by atoms with van der Waals surface area (Å²) in [6, 6.07) is 6.91. The Kier molecular flexibility index (Phi) is 3.03. The Morgan fingerprint density at radius 1 is 1.54 bits per heavy atom. The molecule has 0 aliphatic carbocycles. The lowest BCUT2D eigenvalue weighted by molar-refractivity contribution is 0.1000. The lowest BCUT2D eigenvalue weighted by Gasteiger charge is -1.99. The van der Waals surface area contributed by atoms with E-state index in [0.717, 1.165) is 0 Å². The molecule has 0 unspecified atom stereocenters. The zero-order valence-corrected chi connectivity index (χ0v) is 7.23. The van der Waals surface area contributed by atoms with Crippen molar-refractivity contribution in [1.82, 2.24) is 0 Å². The Hall–Kier alpha value is -1.84. The third kappa shape index (κ3) is 2.30. The van der Waals surface area contributed by atoms with Crippen LogP contribution in [0.5, 0.6) is 0 Å². The van der Waals surface area contributed by atoms with Crippen molar-refractivity contribution < 1.29 is 9.63 Å². The molecule has 0 saturated carbocycles. The molecule has 1 rings (SSSR count). The molecule has 1 amide bonds. The van der Waals surface area contributed by atoms with Gasteiger partial charge in [0, 0.05) is 11.1 Å². The predicted octanol–water partition coefficient (Wildman–Crippen LogP) is 0.766. The maximum Gasteiger partial charge on any atom is 0.249 e. The number of hydrogen-bond acceptors (Lipinski definition) is 3. The average molecular weight is 178 g/mol. The Morgan fingerprint density at radius 2 is 2.23 bits per heavy atom. The van der Waals surface area contributed by atoms with E-state index < -0.39 is 5.91 Å². The van der Waals surface area contributed by atoms with E-state index in [9.17, 15) is 4.79 Å². The van der Waals surface area contributed by atoms with E-state index in [2.05, 4.69) is 9.99 Å². The van der Waals surface area contributed by atoms with Gasteiger partial charge in [-0.15, -0.1) is 0 Å².